The molecule has 1 saturated carbocycles. The van der Waals surface area contributed by atoms with Crippen LogP contribution in [-0.4, -0.2) is 27.2 Å². The molecule has 0 bridgehead atoms. The summed E-state index contributed by atoms with van der Waals surface area (Å²) >= 11 is 0. The molecule has 0 atom stereocenters. The Morgan fingerprint density at radius 1 is 1.37 bits per heavy atom. The van der Waals surface area contributed by atoms with E-state index in [1.165, 1.54) is 6.42 Å². The van der Waals surface area contributed by atoms with Gasteiger partial charge in [0.25, 0.3) is 5.71 Å². The molecule has 0 aromatic carbocycles. The zero-order chi connectivity index (χ0) is 13.2. The average Bonchev–Trinajstić information content (AvgIpc) is 2.82. The van der Waals surface area contributed by atoms with Crippen LogP contribution in [-0.2, 0) is 4.74 Å². The molecule has 3 rings (SSSR count). The van der Waals surface area contributed by atoms with Crippen LogP contribution in [0.15, 0.2) is 10.7 Å². The van der Waals surface area contributed by atoms with Crippen molar-refractivity contribution in [2.75, 3.05) is 0 Å². The summed E-state index contributed by atoms with van der Waals surface area (Å²) in [5, 5.41) is 3.73. The molecule has 0 saturated heterocycles. The number of esters is 1. The van der Waals surface area contributed by atoms with Gasteiger partial charge in [-0.15, -0.1) is 0 Å². The Hall–Kier alpha value is -1.98. The Bertz CT molecular complexity index is 602. The monoisotopic (exact) mass is 261 g/mol. The quantitative estimate of drug-likeness (QED) is 0.772. The molecule has 0 amide bonds. The first-order valence-corrected chi connectivity index (χ1v) is 6.54. The number of fused-ring (bicyclic) bond motifs is 1. The van der Waals surface area contributed by atoms with E-state index in [1.807, 2.05) is 0 Å². The third-order valence-corrected chi connectivity index (χ3v) is 3.33. The fourth-order valence-electron chi connectivity index (χ4n) is 2.34. The van der Waals surface area contributed by atoms with E-state index in [1.54, 1.807) is 13.1 Å². The first-order chi connectivity index (χ1) is 9.24. The number of aromatic nitrogens is 3. The Morgan fingerprint density at radius 3 is 2.95 bits per heavy atom. The zero-order valence-corrected chi connectivity index (χ0v) is 10.8. The maximum Gasteiger partial charge on any atom is 0.363 e. The summed E-state index contributed by atoms with van der Waals surface area (Å²) in [5.74, 6) is -0.467. The molecule has 19 heavy (non-hydrogen) atoms. The Balaban J connectivity index is 1.82. The van der Waals surface area contributed by atoms with Gasteiger partial charge in [-0.05, 0) is 32.6 Å². The standard InChI is InChI=1S/C13H15N3O3/c1-8-7-14-12-10(15-8)11(16-19-12)13(17)18-9-5-3-2-4-6-9/h7,9H,2-6H2,1H3. The van der Waals surface area contributed by atoms with Crippen molar-refractivity contribution in [3.05, 3.63) is 17.6 Å². The van der Waals surface area contributed by atoms with Gasteiger partial charge in [-0.1, -0.05) is 11.6 Å². The van der Waals surface area contributed by atoms with Crippen LogP contribution in [0.5, 0.6) is 0 Å². The zero-order valence-electron chi connectivity index (χ0n) is 10.8. The van der Waals surface area contributed by atoms with E-state index >= 15 is 0 Å². The van der Waals surface area contributed by atoms with Gasteiger partial charge in [0, 0.05) is 0 Å². The molecule has 100 valence electrons. The van der Waals surface area contributed by atoms with Crippen molar-refractivity contribution in [2.24, 2.45) is 0 Å². The van der Waals surface area contributed by atoms with Crippen LogP contribution in [0.1, 0.15) is 48.3 Å². The minimum absolute atomic E-state index is 0.00855. The van der Waals surface area contributed by atoms with Gasteiger partial charge >= 0.3 is 5.97 Å². The molecule has 0 N–H and O–H groups in total. The maximum absolute atomic E-state index is 12.1. The highest BCUT2D eigenvalue weighted by atomic mass is 16.5. The predicted molar refractivity (Wildman–Crippen MR) is 66.6 cm³/mol. The first kappa shape index (κ1) is 12.1. The number of carbonyl (C=O) groups excluding carboxylic acids is 1. The minimum Gasteiger partial charge on any atom is -0.458 e. The lowest BCUT2D eigenvalue weighted by Crippen LogP contribution is -2.21. The van der Waals surface area contributed by atoms with Crippen molar-refractivity contribution in [1.29, 1.82) is 0 Å². The van der Waals surface area contributed by atoms with Crippen LogP contribution >= 0.6 is 0 Å². The molecule has 0 radical (unpaired) electrons. The van der Waals surface area contributed by atoms with Crippen molar-refractivity contribution in [1.82, 2.24) is 15.1 Å². The van der Waals surface area contributed by atoms with E-state index in [2.05, 4.69) is 15.1 Å². The minimum atomic E-state index is -0.467. The van der Waals surface area contributed by atoms with Crippen LogP contribution in [0.3, 0.4) is 0 Å². The molecule has 0 unspecified atom stereocenters. The second-order valence-electron chi connectivity index (χ2n) is 4.86. The van der Waals surface area contributed by atoms with Gasteiger partial charge in [-0.25, -0.2) is 14.8 Å². The summed E-state index contributed by atoms with van der Waals surface area (Å²) in [7, 11) is 0. The summed E-state index contributed by atoms with van der Waals surface area (Å²) in [6.45, 7) is 1.80. The number of carbonyl (C=O) groups is 1. The number of hydrogen-bond acceptors (Lipinski definition) is 6. The molecule has 0 aliphatic heterocycles. The number of rotatable bonds is 2. The van der Waals surface area contributed by atoms with Crippen LogP contribution in [0.2, 0.25) is 0 Å². The molecule has 6 heteroatoms. The number of ether oxygens (including phenoxy) is 1. The topological polar surface area (TPSA) is 78.1 Å². The van der Waals surface area contributed by atoms with Crippen LogP contribution in [0, 0.1) is 6.92 Å². The summed E-state index contributed by atoms with van der Waals surface area (Å²) in [6.07, 6.45) is 6.84. The molecule has 0 spiro atoms. The summed E-state index contributed by atoms with van der Waals surface area (Å²) in [5.41, 5.74) is 1.47. The van der Waals surface area contributed by atoms with Crippen molar-refractivity contribution < 1.29 is 14.1 Å². The highest BCUT2D eigenvalue weighted by Gasteiger charge is 2.24. The molecular weight excluding hydrogens is 246 g/mol. The molecule has 1 aliphatic rings. The lowest BCUT2D eigenvalue weighted by molar-refractivity contribution is 0.0202. The molecular formula is C13H15N3O3. The average molecular weight is 261 g/mol. The largest absolute Gasteiger partial charge is 0.458 e. The summed E-state index contributed by atoms with van der Waals surface area (Å²) in [6, 6.07) is 0. The molecule has 1 aliphatic carbocycles. The highest BCUT2D eigenvalue weighted by molar-refractivity contribution is 5.98. The highest BCUT2D eigenvalue weighted by Crippen LogP contribution is 2.22. The Labute approximate surface area is 110 Å². The third kappa shape index (κ3) is 2.43. The van der Waals surface area contributed by atoms with E-state index < -0.39 is 5.97 Å². The third-order valence-electron chi connectivity index (χ3n) is 3.33. The second-order valence-corrected chi connectivity index (χ2v) is 4.86. The van der Waals surface area contributed by atoms with Crippen molar-refractivity contribution in [3.8, 4) is 0 Å². The molecule has 2 aromatic heterocycles. The summed E-state index contributed by atoms with van der Waals surface area (Å²) < 4.78 is 10.4. The molecule has 2 heterocycles. The van der Waals surface area contributed by atoms with E-state index in [0.29, 0.717) is 11.2 Å². The van der Waals surface area contributed by atoms with E-state index in [4.69, 9.17) is 9.26 Å². The van der Waals surface area contributed by atoms with Crippen molar-refractivity contribution in [3.63, 3.8) is 0 Å². The van der Waals surface area contributed by atoms with Gasteiger partial charge < -0.3 is 9.26 Å². The van der Waals surface area contributed by atoms with E-state index in [9.17, 15) is 4.79 Å². The smallest absolute Gasteiger partial charge is 0.363 e. The lowest BCUT2D eigenvalue weighted by atomic mass is 9.98. The van der Waals surface area contributed by atoms with Gasteiger partial charge in [0.1, 0.15) is 6.10 Å². The normalized spacial score (nSPS) is 16.7. The second kappa shape index (κ2) is 4.95. The Morgan fingerprint density at radius 2 is 2.16 bits per heavy atom. The molecule has 6 nitrogen and oxygen atoms in total. The Kier molecular flexibility index (Phi) is 3.15. The molecule has 1 fully saturated rings. The lowest BCUT2D eigenvalue weighted by Gasteiger charge is -2.21. The van der Waals surface area contributed by atoms with E-state index in [0.717, 1.165) is 25.7 Å². The van der Waals surface area contributed by atoms with Crippen LogP contribution in [0.25, 0.3) is 11.2 Å². The van der Waals surface area contributed by atoms with Crippen molar-refractivity contribution >= 4 is 17.2 Å². The number of aryl methyl sites for hydroxylation is 1. The van der Waals surface area contributed by atoms with Gasteiger partial charge in [-0.2, -0.15) is 0 Å². The fraction of sp³-hybridized carbons (Fsp3) is 0.538. The van der Waals surface area contributed by atoms with Crippen LogP contribution in [0.4, 0.5) is 0 Å². The predicted octanol–water partition coefficient (Wildman–Crippen LogP) is 2.42. The molecule has 2 aromatic rings. The van der Waals surface area contributed by atoms with E-state index in [-0.39, 0.29) is 17.5 Å². The fourth-order valence-corrected chi connectivity index (χ4v) is 2.34. The first-order valence-electron chi connectivity index (χ1n) is 6.54. The van der Waals surface area contributed by atoms with Gasteiger partial charge in [0.2, 0.25) is 5.69 Å². The SMILES string of the molecule is Cc1cnc2onc(C(=O)OC3CCCCC3)c2n1. The van der Waals surface area contributed by atoms with Gasteiger partial charge in [0.05, 0.1) is 11.9 Å². The number of nitrogens with zero attached hydrogens (tertiary/aromatic N) is 3. The van der Waals surface area contributed by atoms with Crippen molar-refractivity contribution in [2.45, 2.75) is 45.1 Å². The van der Waals surface area contributed by atoms with Gasteiger partial charge in [0.15, 0.2) is 5.52 Å². The van der Waals surface area contributed by atoms with Gasteiger partial charge in [-0.3, -0.25) is 0 Å². The number of hydrogen-bond donors (Lipinski definition) is 0. The van der Waals surface area contributed by atoms with Crippen LogP contribution < -0.4 is 0 Å². The maximum atomic E-state index is 12.1. The summed E-state index contributed by atoms with van der Waals surface area (Å²) in [4.78, 5) is 20.3.